The largest absolute Gasteiger partial charge is 0.401 e. The zero-order chi connectivity index (χ0) is 21.9. The van der Waals surface area contributed by atoms with Gasteiger partial charge >= 0.3 is 0 Å². The molecule has 0 amide bonds. The zero-order valence-corrected chi connectivity index (χ0v) is 19.7. The van der Waals surface area contributed by atoms with Crippen LogP contribution in [0, 0.1) is 11.8 Å². The Balaban J connectivity index is 1.87. The van der Waals surface area contributed by atoms with Gasteiger partial charge in [-0.05, 0) is 35.8 Å². The van der Waals surface area contributed by atoms with Crippen LogP contribution >= 0.6 is 0 Å². The summed E-state index contributed by atoms with van der Waals surface area (Å²) in [6.07, 6.45) is 16.2. The number of allylic oxidation sites excluding steroid dienone is 1. The molecule has 0 radical (unpaired) electrons. The van der Waals surface area contributed by atoms with Gasteiger partial charge in [-0.3, -0.25) is 0 Å². The van der Waals surface area contributed by atoms with E-state index in [0.29, 0.717) is 5.92 Å². The Hall–Kier alpha value is -2.02. The van der Waals surface area contributed by atoms with Gasteiger partial charge in [0.1, 0.15) is 0 Å². The first-order valence-corrected chi connectivity index (χ1v) is 12.8. The lowest BCUT2D eigenvalue weighted by Crippen LogP contribution is -2.41. The molecule has 1 atom stereocenters. The maximum Gasteiger partial charge on any atom is 0.0618 e. The Bertz CT molecular complexity index is 718. The van der Waals surface area contributed by atoms with Crippen LogP contribution in [-0.2, 0) is 5.41 Å². The van der Waals surface area contributed by atoms with Crippen molar-refractivity contribution < 1.29 is 0 Å². The summed E-state index contributed by atoms with van der Waals surface area (Å²) in [5.74, 6) is 1.45. The van der Waals surface area contributed by atoms with Gasteiger partial charge in [-0.15, -0.1) is 0 Å². The SMILES string of the molecule is C=C(N)C(c1ccccc1)(c1ccccc1)C(CCCC)CCCCC1CCCCC1. The molecule has 168 valence electrons. The van der Waals surface area contributed by atoms with Crippen molar-refractivity contribution in [2.75, 3.05) is 0 Å². The minimum absolute atomic E-state index is 0.317. The standard InChI is InChI=1S/C30H43N/c1-3-4-19-27(24-15-14-18-26-16-8-5-9-17-26)30(25(2)31,28-20-10-6-11-21-28)29-22-12-7-13-23-29/h6-7,10-13,20-23,26-27H,2-5,8-9,14-19,24,31H2,1H3. The molecule has 0 aromatic heterocycles. The minimum Gasteiger partial charge on any atom is -0.401 e. The molecule has 1 fully saturated rings. The van der Waals surface area contributed by atoms with Crippen LogP contribution in [0.2, 0.25) is 0 Å². The minimum atomic E-state index is -0.317. The van der Waals surface area contributed by atoms with Crippen LogP contribution < -0.4 is 5.73 Å². The second kappa shape index (κ2) is 12.1. The monoisotopic (exact) mass is 417 g/mol. The highest BCUT2D eigenvalue weighted by molar-refractivity contribution is 5.48. The Labute approximate surface area is 191 Å². The van der Waals surface area contributed by atoms with Crippen molar-refractivity contribution in [3.63, 3.8) is 0 Å². The number of nitrogens with two attached hydrogens (primary N) is 1. The third-order valence-electron chi connectivity index (χ3n) is 7.62. The normalized spacial score (nSPS) is 16.2. The van der Waals surface area contributed by atoms with Crippen LogP contribution in [0.1, 0.15) is 95.1 Å². The van der Waals surface area contributed by atoms with Crippen molar-refractivity contribution in [1.82, 2.24) is 0 Å². The summed E-state index contributed by atoms with van der Waals surface area (Å²) in [7, 11) is 0. The molecule has 1 nitrogen and oxygen atoms in total. The quantitative estimate of drug-likeness (QED) is 0.345. The average molecular weight is 418 g/mol. The summed E-state index contributed by atoms with van der Waals surface area (Å²) in [5.41, 5.74) is 9.80. The van der Waals surface area contributed by atoms with E-state index in [2.05, 4.69) is 74.2 Å². The fourth-order valence-electron chi connectivity index (χ4n) is 6.00. The van der Waals surface area contributed by atoms with Crippen molar-refractivity contribution in [2.45, 2.75) is 89.4 Å². The molecule has 1 unspecified atom stereocenters. The fourth-order valence-corrected chi connectivity index (χ4v) is 6.00. The molecule has 2 aromatic carbocycles. The average Bonchev–Trinajstić information content (AvgIpc) is 2.82. The van der Waals surface area contributed by atoms with Gasteiger partial charge in [0.05, 0.1) is 5.41 Å². The molecule has 31 heavy (non-hydrogen) atoms. The van der Waals surface area contributed by atoms with Crippen molar-refractivity contribution in [1.29, 1.82) is 0 Å². The summed E-state index contributed by atoms with van der Waals surface area (Å²) in [6, 6.07) is 21.8. The smallest absolute Gasteiger partial charge is 0.0618 e. The molecule has 3 rings (SSSR count). The van der Waals surface area contributed by atoms with Crippen LogP contribution in [0.3, 0.4) is 0 Å². The van der Waals surface area contributed by atoms with E-state index in [4.69, 9.17) is 5.73 Å². The lowest BCUT2D eigenvalue weighted by atomic mass is 9.61. The Morgan fingerprint density at radius 1 is 0.871 bits per heavy atom. The van der Waals surface area contributed by atoms with E-state index in [1.807, 2.05) is 0 Å². The first-order valence-electron chi connectivity index (χ1n) is 12.8. The van der Waals surface area contributed by atoms with Gasteiger partial charge in [0.15, 0.2) is 0 Å². The topological polar surface area (TPSA) is 26.0 Å². The van der Waals surface area contributed by atoms with Crippen LogP contribution in [0.5, 0.6) is 0 Å². The second-order valence-electron chi connectivity index (χ2n) is 9.69. The number of rotatable bonds is 12. The second-order valence-corrected chi connectivity index (χ2v) is 9.69. The van der Waals surface area contributed by atoms with E-state index in [9.17, 15) is 0 Å². The van der Waals surface area contributed by atoms with Crippen LogP contribution in [0.25, 0.3) is 0 Å². The summed E-state index contributed by atoms with van der Waals surface area (Å²) in [6.45, 7) is 6.68. The molecule has 1 heteroatoms. The van der Waals surface area contributed by atoms with E-state index in [1.54, 1.807) is 0 Å². The predicted molar refractivity (Wildman–Crippen MR) is 135 cm³/mol. The van der Waals surface area contributed by atoms with E-state index in [0.717, 1.165) is 11.6 Å². The lowest BCUT2D eigenvalue weighted by molar-refractivity contribution is 0.286. The molecule has 0 heterocycles. The molecule has 2 N–H and O–H groups in total. The van der Waals surface area contributed by atoms with E-state index < -0.39 is 0 Å². The van der Waals surface area contributed by atoms with Crippen molar-refractivity contribution in [2.24, 2.45) is 17.6 Å². The molecule has 0 aliphatic heterocycles. The summed E-state index contributed by atoms with van der Waals surface area (Å²) in [4.78, 5) is 0. The van der Waals surface area contributed by atoms with Crippen LogP contribution in [0.15, 0.2) is 72.9 Å². The van der Waals surface area contributed by atoms with Gasteiger partial charge < -0.3 is 5.73 Å². The van der Waals surface area contributed by atoms with E-state index in [1.165, 1.54) is 88.2 Å². The Morgan fingerprint density at radius 2 is 1.42 bits per heavy atom. The third kappa shape index (κ3) is 5.82. The van der Waals surface area contributed by atoms with Gasteiger partial charge in [0.25, 0.3) is 0 Å². The molecule has 1 saturated carbocycles. The maximum atomic E-state index is 6.74. The highest BCUT2D eigenvalue weighted by atomic mass is 14.7. The van der Waals surface area contributed by atoms with Gasteiger partial charge in [0, 0.05) is 5.70 Å². The number of hydrogen-bond donors (Lipinski definition) is 1. The summed E-state index contributed by atoms with van der Waals surface area (Å²) < 4.78 is 0. The third-order valence-corrected chi connectivity index (χ3v) is 7.62. The highest BCUT2D eigenvalue weighted by Crippen LogP contribution is 2.47. The lowest BCUT2D eigenvalue weighted by Gasteiger charge is -2.43. The zero-order valence-electron chi connectivity index (χ0n) is 19.7. The Morgan fingerprint density at radius 3 is 1.94 bits per heavy atom. The van der Waals surface area contributed by atoms with Gasteiger partial charge in [-0.25, -0.2) is 0 Å². The molecule has 2 aromatic rings. The van der Waals surface area contributed by atoms with Crippen molar-refractivity contribution in [3.8, 4) is 0 Å². The first kappa shape index (κ1) is 23.6. The Kier molecular flexibility index (Phi) is 9.25. The molecule has 0 saturated heterocycles. The number of benzene rings is 2. The van der Waals surface area contributed by atoms with E-state index in [-0.39, 0.29) is 5.41 Å². The number of hydrogen-bond acceptors (Lipinski definition) is 1. The summed E-state index contributed by atoms with van der Waals surface area (Å²) >= 11 is 0. The van der Waals surface area contributed by atoms with Crippen molar-refractivity contribution in [3.05, 3.63) is 84.1 Å². The summed E-state index contributed by atoms with van der Waals surface area (Å²) in [5, 5.41) is 0. The molecule has 1 aliphatic carbocycles. The van der Waals surface area contributed by atoms with Crippen LogP contribution in [-0.4, -0.2) is 0 Å². The van der Waals surface area contributed by atoms with Gasteiger partial charge in [-0.1, -0.05) is 138 Å². The van der Waals surface area contributed by atoms with Crippen molar-refractivity contribution >= 4 is 0 Å². The molecule has 0 bridgehead atoms. The fraction of sp³-hybridized carbons (Fsp3) is 0.533. The predicted octanol–water partition coefficient (Wildman–Crippen LogP) is 8.39. The molecular formula is C30H43N. The van der Waals surface area contributed by atoms with E-state index >= 15 is 0 Å². The van der Waals surface area contributed by atoms with Crippen LogP contribution in [0.4, 0.5) is 0 Å². The molecule has 0 spiro atoms. The first-order chi connectivity index (χ1) is 15.2. The molecule has 1 aliphatic rings. The maximum absolute atomic E-state index is 6.74. The van der Waals surface area contributed by atoms with Gasteiger partial charge in [-0.2, -0.15) is 0 Å². The van der Waals surface area contributed by atoms with Gasteiger partial charge in [0.2, 0.25) is 0 Å². The highest BCUT2D eigenvalue weighted by Gasteiger charge is 2.42. The number of unbranched alkanes of at least 4 members (excludes halogenated alkanes) is 2. The molecular weight excluding hydrogens is 374 g/mol.